The first-order valence-corrected chi connectivity index (χ1v) is 19.9. The Bertz CT molecular complexity index is 1870. The van der Waals surface area contributed by atoms with Gasteiger partial charge >= 0.3 is 0 Å². The molecule has 3 N–H and O–H groups in total. The van der Waals surface area contributed by atoms with Crippen LogP contribution in [0.5, 0.6) is 0 Å². The van der Waals surface area contributed by atoms with Gasteiger partial charge in [-0.3, -0.25) is 10.1 Å². The van der Waals surface area contributed by atoms with E-state index in [-0.39, 0.29) is 18.0 Å². The molecule has 0 aromatic heterocycles. The van der Waals surface area contributed by atoms with Gasteiger partial charge in [0.15, 0.2) is 0 Å². The summed E-state index contributed by atoms with van der Waals surface area (Å²) >= 11 is 0. The third-order valence-electron chi connectivity index (χ3n) is 9.12. The number of allylic oxidation sites excluding steroid dienone is 4. The third-order valence-corrected chi connectivity index (χ3v) is 14.2. The van der Waals surface area contributed by atoms with E-state index in [4.69, 9.17) is 0 Å². The number of benzene rings is 5. The number of aliphatic hydroxyl groups is 1. The molecule has 0 heterocycles. The molecule has 0 aliphatic heterocycles. The number of amides is 1. The predicted octanol–water partition coefficient (Wildman–Crippen LogP) is 7.46. The summed E-state index contributed by atoms with van der Waals surface area (Å²) in [7, 11) is -1.95. The highest BCUT2D eigenvalue weighted by molar-refractivity contribution is 7.80. The molecular weight excluding hydrogens is 650 g/mol. The van der Waals surface area contributed by atoms with Crippen LogP contribution in [0.25, 0.3) is 0 Å². The van der Waals surface area contributed by atoms with Crippen molar-refractivity contribution in [1.82, 2.24) is 10.6 Å². The van der Waals surface area contributed by atoms with Crippen LogP contribution in [0.1, 0.15) is 47.8 Å². The first-order valence-electron chi connectivity index (χ1n) is 17.2. The van der Waals surface area contributed by atoms with Gasteiger partial charge in [0.05, 0.1) is 0 Å². The van der Waals surface area contributed by atoms with Gasteiger partial charge in [0, 0.05) is 23.2 Å². The fraction of sp³-hybridized carbons (Fsp3) is 0.159. The van der Waals surface area contributed by atoms with Crippen LogP contribution in [-0.2, 0) is 0 Å². The summed E-state index contributed by atoms with van der Waals surface area (Å²) in [5, 5.41) is 25.6. The molecule has 50 heavy (non-hydrogen) atoms. The van der Waals surface area contributed by atoms with Crippen molar-refractivity contribution in [2.75, 3.05) is 0 Å². The van der Waals surface area contributed by atoms with Gasteiger partial charge < -0.3 is 10.4 Å². The Morgan fingerprint density at radius 1 is 0.680 bits per heavy atom. The van der Waals surface area contributed by atoms with E-state index in [1.54, 1.807) is 6.08 Å². The highest BCUT2D eigenvalue weighted by Crippen LogP contribution is 2.45. The van der Waals surface area contributed by atoms with Gasteiger partial charge in [0.25, 0.3) is 5.91 Å². The lowest BCUT2D eigenvalue weighted by molar-refractivity contribution is 0.0841. The van der Waals surface area contributed by atoms with Crippen LogP contribution < -0.4 is 37.2 Å². The molecule has 0 spiro atoms. The summed E-state index contributed by atoms with van der Waals surface area (Å²) in [6.45, 7) is 8.06. The fourth-order valence-electron chi connectivity index (χ4n) is 6.77. The molecule has 5 aromatic rings. The first-order chi connectivity index (χ1) is 24.6. The zero-order valence-corrected chi connectivity index (χ0v) is 30.0. The van der Waals surface area contributed by atoms with Crippen molar-refractivity contribution in [2.45, 2.75) is 44.0 Å². The van der Waals surface area contributed by atoms with Crippen molar-refractivity contribution in [2.24, 2.45) is 0 Å². The Morgan fingerprint density at radius 3 is 1.80 bits per heavy atom. The maximum absolute atomic E-state index is 14.3. The van der Waals surface area contributed by atoms with Crippen LogP contribution in [0.4, 0.5) is 0 Å². The molecule has 0 saturated heterocycles. The molecule has 1 aliphatic carbocycles. The van der Waals surface area contributed by atoms with Gasteiger partial charge in [-0.1, -0.05) is 178 Å². The Balaban J connectivity index is 1.27. The van der Waals surface area contributed by atoms with E-state index < -0.39 is 22.1 Å². The minimum absolute atomic E-state index is 0.0775. The van der Waals surface area contributed by atoms with Crippen molar-refractivity contribution < 1.29 is 9.90 Å². The molecule has 0 radical (unpaired) electrons. The zero-order chi connectivity index (χ0) is 34.7. The Morgan fingerprint density at radius 2 is 1.20 bits per heavy atom. The monoisotopic (exact) mass is 694 g/mol. The average Bonchev–Trinajstić information content (AvgIpc) is 3.17. The smallest absolute Gasteiger partial charge is 0.252 e. The van der Waals surface area contributed by atoms with Crippen molar-refractivity contribution in [3.05, 3.63) is 187 Å². The summed E-state index contributed by atoms with van der Waals surface area (Å²) < 4.78 is 0. The topological polar surface area (TPSA) is 61.4 Å². The second-order valence-corrected chi connectivity index (χ2v) is 16.7. The van der Waals surface area contributed by atoms with Gasteiger partial charge in [-0.2, -0.15) is 0 Å². The molecule has 1 amide bonds. The average molecular weight is 695 g/mol. The Kier molecular flexibility index (Phi) is 12.4. The number of nitrogens with one attached hydrogen (secondary N) is 2. The molecule has 0 bridgehead atoms. The Hall–Kier alpha value is -4.43. The van der Waals surface area contributed by atoms with Gasteiger partial charge in [-0.05, 0) is 66.6 Å². The molecule has 2 unspecified atom stereocenters. The molecule has 1 saturated carbocycles. The molecule has 1 fully saturated rings. The number of rotatable bonds is 13. The van der Waals surface area contributed by atoms with Crippen molar-refractivity contribution in [1.29, 1.82) is 0 Å². The number of carbonyl (C=O) groups is 1. The van der Waals surface area contributed by atoms with Crippen LogP contribution >= 0.6 is 15.8 Å². The first kappa shape index (κ1) is 35.4. The molecular formula is C44H44N2O2P2. The van der Waals surface area contributed by atoms with Crippen LogP contribution in [0, 0.1) is 0 Å². The maximum atomic E-state index is 14.3. The molecule has 6 rings (SSSR count). The van der Waals surface area contributed by atoms with Crippen LogP contribution in [0.3, 0.4) is 0 Å². The number of hydrogen-bond acceptors (Lipinski definition) is 3. The van der Waals surface area contributed by atoms with Gasteiger partial charge in [-0.25, -0.2) is 0 Å². The number of carbonyl (C=O) groups excluding carboxylic acids is 1. The molecule has 252 valence electrons. The third kappa shape index (κ3) is 8.29. The van der Waals surface area contributed by atoms with Crippen LogP contribution in [0.2, 0.25) is 0 Å². The molecule has 5 aromatic carbocycles. The van der Waals surface area contributed by atoms with E-state index in [0.717, 1.165) is 47.2 Å². The molecule has 4 nitrogen and oxygen atoms in total. The van der Waals surface area contributed by atoms with Gasteiger partial charge in [0.1, 0.15) is 6.23 Å². The quantitative estimate of drug-likeness (QED) is 0.0682. The largest absolute Gasteiger partial charge is 0.374 e. The fourth-order valence-corrected chi connectivity index (χ4v) is 11.7. The predicted molar refractivity (Wildman–Crippen MR) is 214 cm³/mol. The minimum Gasteiger partial charge on any atom is -0.374 e. The molecule has 6 heteroatoms. The van der Waals surface area contributed by atoms with Gasteiger partial charge in [-0.15, -0.1) is 0 Å². The second kappa shape index (κ2) is 17.5. The summed E-state index contributed by atoms with van der Waals surface area (Å²) in [5.41, 5.74) is 1.53. The molecule has 1 aliphatic rings. The Labute approximate surface area is 299 Å². The van der Waals surface area contributed by atoms with Gasteiger partial charge in [0.2, 0.25) is 0 Å². The standard InChI is InChI=1S/C44H44N2O2P2/c1-3-20-33(4-2)49(34-21-8-5-9-22-34)41-31-18-14-27-37(41)43(47)45-39-29-16-17-30-40(39)46-44(48)38-28-15-19-32-42(38)50(35-23-10-6-11-24-35)36-25-12-7-13-26-36/h3-15,18-28,31-32,39-40,43,45,47H,1-2,16-17,29-30H2,(H,46,48)/b33-20+/t39-,40-,43?,49?/m1/s1. The second-order valence-electron chi connectivity index (χ2n) is 12.3. The van der Waals surface area contributed by atoms with E-state index in [1.165, 1.54) is 15.9 Å². The lowest BCUT2D eigenvalue weighted by Crippen LogP contribution is -2.53. The summed E-state index contributed by atoms with van der Waals surface area (Å²) in [6.07, 6.45) is 8.52. The number of aliphatic hydroxyl groups excluding tert-OH is 1. The minimum atomic E-state index is -0.997. The van der Waals surface area contributed by atoms with Crippen molar-refractivity contribution in [3.8, 4) is 0 Å². The van der Waals surface area contributed by atoms with E-state index in [2.05, 4.69) is 96.6 Å². The van der Waals surface area contributed by atoms with E-state index in [9.17, 15) is 9.90 Å². The van der Waals surface area contributed by atoms with Crippen LogP contribution in [0.15, 0.2) is 176 Å². The van der Waals surface area contributed by atoms with E-state index in [1.807, 2.05) is 78.9 Å². The SMILES string of the molecule is C=C/C=C(\C=C)P(c1ccccc1)c1ccccc1C(O)N[C@@H]1CCCC[C@H]1NC(=O)c1ccccc1P(c1ccccc1)c1ccccc1. The highest BCUT2D eigenvalue weighted by atomic mass is 31.1. The maximum Gasteiger partial charge on any atom is 0.252 e. The summed E-state index contributed by atoms with van der Waals surface area (Å²) in [5.74, 6) is -0.0775. The van der Waals surface area contributed by atoms with E-state index in [0.29, 0.717) is 5.56 Å². The summed E-state index contributed by atoms with van der Waals surface area (Å²) in [4.78, 5) is 14.3. The summed E-state index contributed by atoms with van der Waals surface area (Å²) in [6, 6.07) is 47.2. The van der Waals surface area contributed by atoms with Crippen molar-refractivity contribution >= 4 is 48.3 Å². The molecule has 4 atom stereocenters. The van der Waals surface area contributed by atoms with Crippen molar-refractivity contribution in [3.63, 3.8) is 0 Å². The van der Waals surface area contributed by atoms with E-state index >= 15 is 0 Å². The lowest BCUT2D eigenvalue weighted by atomic mass is 9.89. The number of hydrogen-bond donors (Lipinski definition) is 3. The van der Waals surface area contributed by atoms with Crippen LogP contribution in [-0.4, -0.2) is 23.1 Å². The lowest BCUT2D eigenvalue weighted by Gasteiger charge is -2.35. The normalized spacial score (nSPS) is 17.4. The zero-order valence-electron chi connectivity index (χ0n) is 28.2. The highest BCUT2D eigenvalue weighted by Gasteiger charge is 2.31.